The first-order valence-electron chi connectivity index (χ1n) is 9.45. The van der Waals surface area contributed by atoms with Crippen molar-refractivity contribution in [3.05, 3.63) is 94.6 Å². The monoisotopic (exact) mass is 403 g/mol. The van der Waals surface area contributed by atoms with Crippen molar-refractivity contribution >= 4 is 16.7 Å². The molecule has 0 unspecified atom stereocenters. The Morgan fingerprint density at radius 1 is 1.13 bits per heavy atom. The van der Waals surface area contributed by atoms with Crippen molar-refractivity contribution in [2.75, 3.05) is 14.1 Å². The van der Waals surface area contributed by atoms with Gasteiger partial charge in [0.25, 0.3) is 5.91 Å². The van der Waals surface area contributed by atoms with E-state index < -0.39 is 0 Å². The van der Waals surface area contributed by atoms with Gasteiger partial charge in [0.05, 0.1) is 17.8 Å². The van der Waals surface area contributed by atoms with E-state index in [9.17, 15) is 9.59 Å². The van der Waals surface area contributed by atoms with E-state index in [2.05, 4.69) is 4.98 Å². The Morgan fingerprint density at radius 2 is 1.87 bits per heavy atom. The number of benzene rings is 1. The number of aromatic nitrogens is 2. The summed E-state index contributed by atoms with van der Waals surface area (Å²) in [5, 5.41) is 2.26. The SMILES string of the molecule is CN(C)C(=O)c1ccc(COc2coc(Cn3cc4ccccc4c3)cc2=O)nc1. The summed E-state index contributed by atoms with van der Waals surface area (Å²) in [6, 6.07) is 12.9. The molecule has 1 amide bonds. The van der Waals surface area contributed by atoms with Crippen LogP contribution in [0.4, 0.5) is 0 Å². The van der Waals surface area contributed by atoms with Gasteiger partial charge in [0.1, 0.15) is 18.6 Å². The number of carbonyl (C=O) groups is 1. The van der Waals surface area contributed by atoms with Crippen LogP contribution in [-0.4, -0.2) is 34.5 Å². The number of pyridine rings is 1. The van der Waals surface area contributed by atoms with Crippen molar-refractivity contribution in [2.24, 2.45) is 0 Å². The topological polar surface area (TPSA) is 77.6 Å². The van der Waals surface area contributed by atoms with Gasteiger partial charge in [-0.15, -0.1) is 0 Å². The van der Waals surface area contributed by atoms with Crippen molar-refractivity contribution in [3.8, 4) is 5.75 Å². The van der Waals surface area contributed by atoms with Crippen LogP contribution < -0.4 is 10.2 Å². The van der Waals surface area contributed by atoms with E-state index in [1.54, 1.807) is 26.2 Å². The maximum Gasteiger partial charge on any atom is 0.254 e. The Kier molecular flexibility index (Phi) is 5.34. The fourth-order valence-electron chi connectivity index (χ4n) is 3.08. The van der Waals surface area contributed by atoms with Crippen LogP contribution in [0, 0.1) is 0 Å². The number of nitrogens with zero attached hydrogens (tertiary/aromatic N) is 3. The zero-order valence-electron chi connectivity index (χ0n) is 16.7. The van der Waals surface area contributed by atoms with Crippen molar-refractivity contribution in [3.63, 3.8) is 0 Å². The number of amides is 1. The molecule has 0 saturated carbocycles. The average molecular weight is 403 g/mol. The Morgan fingerprint density at radius 3 is 2.47 bits per heavy atom. The lowest BCUT2D eigenvalue weighted by molar-refractivity contribution is 0.0827. The molecule has 4 rings (SSSR count). The van der Waals surface area contributed by atoms with E-state index in [-0.39, 0.29) is 23.7 Å². The van der Waals surface area contributed by atoms with Crippen molar-refractivity contribution < 1.29 is 13.9 Å². The van der Waals surface area contributed by atoms with Crippen LogP contribution in [0.25, 0.3) is 10.8 Å². The Hall–Kier alpha value is -3.87. The highest BCUT2D eigenvalue weighted by Crippen LogP contribution is 2.16. The first kappa shape index (κ1) is 19.4. The minimum Gasteiger partial charge on any atom is -0.480 e. The van der Waals surface area contributed by atoms with Gasteiger partial charge in [-0.05, 0) is 22.9 Å². The van der Waals surface area contributed by atoms with Gasteiger partial charge in [0.2, 0.25) is 11.2 Å². The summed E-state index contributed by atoms with van der Waals surface area (Å²) in [6.45, 7) is 0.552. The molecule has 152 valence electrons. The molecule has 0 radical (unpaired) electrons. The van der Waals surface area contributed by atoms with E-state index in [0.29, 0.717) is 23.6 Å². The fourth-order valence-corrected chi connectivity index (χ4v) is 3.08. The molecular weight excluding hydrogens is 382 g/mol. The Labute approximate surface area is 173 Å². The minimum atomic E-state index is -0.257. The fraction of sp³-hybridized carbons (Fsp3) is 0.174. The van der Waals surface area contributed by atoms with Crippen LogP contribution in [0.2, 0.25) is 0 Å². The standard InChI is InChI=1S/C23H21N3O4/c1-25(2)23(28)16-7-8-19(24-10-16)14-30-22-15-29-20(9-21(22)27)13-26-11-17-5-3-4-6-18(17)12-26/h3-12,15H,13-14H2,1-2H3. The molecule has 0 atom stereocenters. The van der Waals surface area contributed by atoms with Crippen molar-refractivity contribution in [1.29, 1.82) is 0 Å². The van der Waals surface area contributed by atoms with Gasteiger partial charge < -0.3 is 18.6 Å². The highest BCUT2D eigenvalue weighted by molar-refractivity contribution is 5.93. The first-order chi connectivity index (χ1) is 14.5. The number of hydrogen-bond donors (Lipinski definition) is 0. The molecule has 3 aromatic heterocycles. The average Bonchev–Trinajstić information content (AvgIpc) is 3.15. The molecule has 30 heavy (non-hydrogen) atoms. The quantitative estimate of drug-likeness (QED) is 0.494. The molecule has 0 fully saturated rings. The van der Waals surface area contributed by atoms with Crippen LogP contribution in [0.15, 0.2) is 76.5 Å². The highest BCUT2D eigenvalue weighted by atomic mass is 16.5. The number of carbonyl (C=O) groups excluding carboxylic acids is 1. The molecule has 0 spiro atoms. The number of hydrogen-bond acceptors (Lipinski definition) is 5. The summed E-state index contributed by atoms with van der Waals surface area (Å²) in [6.07, 6.45) is 6.84. The lowest BCUT2D eigenvalue weighted by atomic mass is 10.2. The predicted octanol–water partition coefficient (Wildman–Crippen LogP) is 3.32. The molecule has 4 aromatic rings. The molecule has 0 aliphatic carbocycles. The number of ether oxygens (including phenoxy) is 1. The third-order valence-corrected chi connectivity index (χ3v) is 4.65. The number of rotatable bonds is 6. The molecular formula is C23H21N3O4. The second-order valence-corrected chi connectivity index (χ2v) is 7.16. The van der Waals surface area contributed by atoms with Crippen LogP contribution >= 0.6 is 0 Å². The third kappa shape index (κ3) is 4.25. The van der Waals surface area contributed by atoms with Crippen LogP contribution in [0.3, 0.4) is 0 Å². The molecule has 0 saturated heterocycles. The summed E-state index contributed by atoms with van der Waals surface area (Å²) in [5.41, 5.74) is 0.838. The van der Waals surface area contributed by atoms with Crippen LogP contribution in [0.5, 0.6) is 5.75 Å². The van der Waals surface area contributed by atoms with Gasteiger partial charge in [0.15, 0.2) is 0 Å². The molecule has 7 nitrogen and oxygen atoms in total. The minimum absolute atomic E-state index is 0.101. The summed E-state index contributed by atoms with van der Waals surface area (Å²) in [4.78, 5) is 30.0. The summed E-state index contributed by atoms with van der Waals surface area (Å²) in [5.74, 6) is 0.533. The molecule has 1 aromatic carbocycles. The molecule has 0 aliphatic rings. The van der Waals surface area contributed by atoms with Gasteiger partial charge in [-0.1, -0.05) is 24.3 Å². The maximum absolute atomic E-state index is 12.4. The normalized spacial score (nSPS) is 10.9. The van der Waals surface area contributed by atoms with E-state index in [4.69, 9.17) is 9.15 Å². The summed E-state index contributed by atoms with van der Waals surface area (Å²) >= 11 is 0. The largest absolute Gasteiger partial charge is 0.480 e. The van der Waals surface area contributed by atoms with Gasteiger partial charge in [-0.2, -0.15) is 0 Å². The molecule has 0 N–H and O–H groups in total. The number of fused-ring (bicyclic) bond motifs is 1. The third-order valence-electron chi connectivity index (χ3n) is 4.65. The van der Waals surface area contributed by atoms with E-state index in [0.717, 1.165) is 10.8 Å². The first-order valence-corrected chi connectivity index (χ1v) is 9.45. The lowest BCUT2D eigenvalue weighted by Gasteiger charge is -2.10. The molecule has 7 heteroatoms. The van der Waals surface area contributed by atoms with Gasteiger partial charge in [-0.25, -0.2) is 0 Å². The van der Waals surface area contributed by atoms with Gasteiger partial charge in [-0.3, -0.25) is 14.6 Å². The Balaban J connectivity index is 1.41. The van der Waals surface area contributed by atoms with Gasteiger partial charge in [0, 0.05) is 38.8 Å². The van der Waals surface area contributed by atoms with Crippen LogP contribution in [-0.2, 0) is 13.2 Å². The highest BCUT2D eigenvalue weighted by Gasteiger charge is 2.10. The summed E-state index contributed by atoms with van der Waals surface area (Å²) in [7, 11) is 3.36. The van der Waals surface area contributed by atoms with Crippen LogP contribution in [0.1, 0.15) is 21.8 Å². The molecule has 0 aliphatic heterocycles. The molecule has 0 bridgehead atoms. The zero-order valence-corrected chi connectivity index (χ0v) is 16.7. The smallest absolute Gasteiger partial charge is 0.254 e. The van der Waals surface area contributed by atoms with Gasteiger partial charge >= 0.3 is 0 Å². The second kappa shape index (κ2) is 8.24. The second-order valence-electron chi connectivity index (χ2n) is 7.16. The Bertz CT molecular complexity index is 1210. The van der Waals surface area contributed by atoms with Crippen molar-refractivity contribution in [1.82, 2.24) is 14.5 Å². The van der Waals surface area contributed by atoms with E-state index in [1.807, 2.05) is 41.2 Å². The summed E-state index contributed by atoms with van der Waals surface area (Å²) < 4.78 is 13.1. The van der Waals surface area contributed by atoms with E-state index >= 15 is 0 Å². The van der Waals surface area contributed by atoms with Crippen molar-refractivity contribution in [2.45, 2.75) is 13.2 Å². The lowest BCUT2D eigenvalue weighted by Crippen LogP contribution is -2.21. The van der Waals surface area contributed by atoms with E-state index in [1.165, 1.54) is 23.4 Å². The maximum atomic E-state index is 12.4. The zero-order chi connectivity index (χ0) is 21.1. The molecule has 3 heterocycles. The predicted molar refractivity (Wildman–Crippen MR) is 113 cm³/mol.